The fourth-order valence-electron chi connectivity index (χ4n) is 5.69. The van der Waals surface area contributed by atoms with Crippen molar-refractivity contribution in [2.24, 2.45) is 0 Å². The Morgan fingerprint density at radius 1 is 0.284 bits per heavy atom. The Bertz CT molecular complexity index is 2820. The topological polar surface area (TPSA) is 310 Å². The molecular formula is C52H36N12O8Ru2-2. The van der Waals surface area contributed by atoms with Gasteiger partial charge in [0.05, 0.1) is 68.6 Å². The van der Waals surface area contributed by atoms with Crippen molar-refractivity contribution in [1.82, 2.24) is 59.8 Å². The number of rotatable bonds is 9. The molecule has 10 rings (SSSR count). The quantitative estimate of drug-likeness (QED) is 0.166. The molecule has 0 atom stereocenters. The van der Waals surface area contributed by atoms with Gasteiger partial charge in [-0.25, -0.2) is 29.5 Å². The molecule has 22 heteroatoms. The minimum atomic E-state index is -1.33. The van der Waals surface area contributed by atoms with Crippen molar-refractivity contribution in [2.75, 3.05) is 0 Å². The number of carboxylic acids is 4. The molecule has 10 aromatic heterocycles. The van der Waals surface area contributed by atoms with Crippen LogP contribution >= 0.6 is 0 Å². The predicted octanol–water partition coefficient (Wildman–Crippen LogP) is 5.63. The van der Waals surface area contributed by atoms with E-state index in [2.05, 4.69) is 59.8 Å². The minimum absolute atomic E-state index is 0. The van der Waals surface area contributed by atoms with Crippen molar-refractivity contribution in [3.63, 3.8) is 0 Å². The van der Waals surface area contributed by atoms with Crippen LogP contribution in [0.5, 0.6) is 0 Å². The number of carbonyl (C=O) groups is 4. The first-order valence-corrected chi connectivity index (χ1v) is 21.0. The van der Waals surface area contributed by atoms with Crippen LogP contribution in [0, 0.1) is 0 Å². The summed E-state index contributed by atoms with van der Waals surface area (Å²) in [5.74, 6) is -3.72. The van der Waals surface area contributed by atoms with E-state index >= 15 is 0 Å². The second kappa shape index (κ2) is 30.3. The Balaban J connectivity index is 0.000000201. The SMILES string of the molecule is O=C([O-])c1ccnc(-c2cc(C(=O)O)ccn2)c1.O=C([O-])c1ccnc(-c2cc(C(=O)O)ccn2)c1.[Ru].[Ru].c1ccc(-c2ccccn2)nc1.c1ccc(-c2ccccn2)nc1.c1cnc(-c2ncccn2)nc1. The van der Waals surface area contributed by atoms with E-state index < -0.39 is 23.9 Å². The minimum Gasteiger partial charge on any atom is -0.545 e. The molecule has 0 aliphatic rings. The molecule has 0 bridgehead atoms. The number of aromatic carboxylic acids is 4. The van der Waals surface area contributed by atoms with Crippen LogP contribution in [0.4, 0.5) is 0 Å². The second-order valence-electron chi connectivity index (χ2n) is 13.9. The number of hydrogen-bond acceptors (Lipinski definition) is 18. The summed E-state index contributed by atoms with van der Waals surface area (Å²) in [4.78, 5) is 91.6. The molecule has 0 saturated carbocycles. The van der Waals surface area contributed by atoms with Gasteiger partial charge in [0, 0.05) is 124 Å². The van der Waals surface area contributed by atoms with Crippen molar-refractivity contribution in [2.45, 2.75) is 0 Å². The smallest absolute Gasteiger partial charge is 0.335 e. The summed E-state index contributed by atoms with van der Waals surface area (Å²) in [6.45, 7) is 0. The zero-order valence-electron chi connectivity index (χ0n) is 38.0. The number of nitrogens with zero attached hydrogens (tertiary/aromatic N) is 12. The van der Waals surface area contributed by atoms with Gasteiger partial charge in [-0.3, -0.25) is 39.9 Å². The average Bonchev–Trinajstić information content (AvgIpc) is 3.45. The zero-order valence-corrected chi connectivity index (χ0v) is 41.5. The van der Waals surface area contributed by atoms with Gasteiger partial charge in [0.25, 0.3) is 0 Å². The van der Waals surface area contributed by atoms with E-state index in [1.807, 2.05) is 72.8 Å². The van der Waals surface area contributed by atoms with E-state index in [9.17, 15) is 29.4 Å². The molecule has 0 spiro atoms. The van der Waals surface area contributed by atoms with Gasteiger partial charge in [-0.1, -0.05) is 24.3 Å². The molecule has 0 radical (unpaired) electrons. The molecule has 0 unspecified atom stereocenters. The van der Waals surface area contributed by atoms with Crippen LogP contribution in [-0.2, 0) is 39.0 Å². The average molecular weight is 1160 g/mol. The molecule has 0 fully saturated rings. The molecule has 0 aliphatic heterocycles. The summed E-state index contributed by atoms with van der Waals surface area (Å²) >= 11 is 0. The van der Waals surface area contributed by atoms with Crippen molar-refractivity contribution < 1.29 is 78.6 Å². The Morgan fingerprint density at radius 3 is 0.743 bits per heavy atom. The van der Waals surface area contributed by atoms with E-state index in [1.165, 1.54) is 73.3 Å². The third kappa shape index (κ3) is 18.0. The molecule has 10 heterocycles. The maximum atomic E-state index is 10.8. The largest absolute Gasteiger partial charge is 0.545 e. The fourth-order valence-corrected chi connectivity index (χ4v) is 5.69. The number of pyridine rings is 8. The number of hydrogen-bond donors (Lipinski definition) is 2. The van der Waals surface area contributed by atoms with Crippen LogP contribution < -0.4 is 10.2 Å². The van der Waals surface area contributed by atoms with Crippen LogP contribution in [-0.4, -0.2) is 93.9 Å². The molecule has 0 amide bonds. The maximum absolute atomic E-state index is 10.8. The number of carbonyl (C=O) groups excluding carboxylic acids is 2. The fraction of sp³-hybridized carbons (Fsp3) is 0. The first-order chi connectivity index (χ1) is 35.0. The van der Waals surface area contributed by atoms with Crippen molar-refractivity contribution in [3.8, 4) is 57.2 Å². The van der Waals surface area contributed by atoms with Gasteiger partial charge in [0.2, 0.25) is 0 Å². The van der Waals surface area contributed by atoms with Crippen molar-refractivity contribution in [3.05, 3.63) is 230 Å². The maximum Gasteiger partial charge on any atom is 0.335 e. The zero-order chi connectivity index (χ0) is 50.9. The molecule has 370 valence electrons. The summed E-state index contributed by atoms with van der Waals surface area (Å²) in [7, 11) is 0. The van der Waals surface area contributed by atoms with Gasteiger partial charge in [0.1, 0.15) is 0 Å². The first kappa shape index (κ1) is 57.1. The predicted molar refractivity (Wildman–Crippen MR) is 256 cm³/mol. The van der Waals surface area contributed by atoms with Gasteiger partial charge < -0.3 is 30.0 Å². The van der Waals surface area contributed by atoms with Gasteiger partial charge in [-0.2, -0.15) is 0 Å². The molecule has 20 nitrogen and oxygen atoms in total. The third-order valence-corrected chi connectivity index (χ3v) is 9.05. The Labute approximate surface area is 447 Å². The van der Waals surface area contributed by atoms with Crippen molar-refractivity contribution >= 4 is 23.9 Å². The van der Waals surface area contributed by atoms with Gasteiger partial charge in [-0.05, 0) is 109 Å². The summed E-state index contributed by atoms with van der Waals surface area (Å²) < 4.78 is 0. The molecule has 10 aromatic rings. The third-order valence-electron chi connectivity index (χ3n) is 9.05. The van der Waals surface area contributed by atoms with Gasteiger partial charge >= 0.3 is 11.9 Å². The molecular weight excluding hydrogens is 1120 g/mol. The standard InChI is InChI=1S/2C12H8N2O4.2C10H8N2.C8H6N4.2Ru/c2*15-11(16)7-1-3-13-9(5-7)10-6-8(12(17)18)2-4-14-10;2*1-3-7-11-9(5-1)10-6-2-4-8-12-10;1-3-9-7(10-4-1)8-11-5-2-6-12-8;;/h2*1-6H,(H,15,16)(H,17,18);2*1-8H;1-6H;;/p-2. The van der Waals surface area contributed by atoms with E-state index in [1.54, 1.807) is 61.7 Å². The van der Waals surface area contributed by atoms with E-state index in [4.69, 9.17) is 10.2 Å². The monoisotopic (exact) mass is 1160 g/mol. The summed E-state index contributed by atoms with van der Waals surface area (Å²) in [5.41, 5.74) is 4.83. The molecule has 0 saturated heterocycles. The molecule has 74 heavy (non-hydrogen) atoms. The molecule has 0 aliphatic carbocycles. The van der Waals surface area contributed by atoms with Crippen LogP contribution in [0.2, 0.25) is 0 Å². The summed E-state index contributed by atoms with van der Waals surface area (Å²) in [5, 5.41) is 39.1. The Hall–Kier alpha value is -9.51. The van der Waals surface area contributed by atoms with Gasteiger partial charge in [0.15, 0.2) is 11.6 Å². The Kier molecular flexibility index (Phi) is 23.3. The van der Waals surface area contributed by atoms with Crippen LogP contribution in [0.15, 0.2) is 208 Å². The summed E-state index contributed by atoms with van der Waals surface area (Å²) in [6.07, 6.45) is 19.0. The van der Waals surface area contributed by atoms with E-state index in [0.717, 1.165) is 22.8 Å². The van der Waals surface area contributed by atoms with Crippen LogP contribution in [0.25, 0.3) is 57.2 Å². The first-order valence-electron chi connectivity index (χ1n) is 21.0. The van der Waals surface area contributed by atoms with Crippen LogP contribution in [0.3, 0.4) is 0 Å². The van der Waals surface area contributed by atoms with Gasteiger partial charge in [-0.15, -0.1) is 0 Å². The normalized spacial score (nSPS) is 9.57. The molecule has 2 N–H and O–H groups in total. The summed E-state index contributed by atoms with van der Waals surface area (Å²) in [6, 6.07) is 37.2. The second-order valence-corrected chi connectivity index (χ2v) is 13.9. The number of carboxylic acid groups (broad SMARTS) is 4. The van der Waals surface area contributed by atoms with E-state index in [-0.39, 0.29) is 84.0 Å². The Morgan fingerprint density at radius 2 is 0.514 bits per heavy atom. The molecule has 0 aromatic carbocycles. The van der Waals surface area contributed by atoms with Crippen LogP contribution in [0.1, 0.15) is 41.4 Å². The van der Waals surface area contributed by atoms with Crippen molar-refractivity contribution in [1.29, 1.82) is 0 Å². The van der Waals surface area contributed by atoms with E-state index in [0.29, 0.717) is 11.6 Å². The number of aromatic nitrogens is 12.